The second-order valence-corrected chi connectivity index (χ2v) is 6.70. The van der Waals surface area contributed by atoms with Crippen LogP contribution in [0.4, 0.5) is 5.69 Å². The van der Waals surface area contributed by atoms with E-state index in [-0.39, 0.29) is 29.5 Å². The summed E-state index contributed by atoms with van der Waals surface area (Å²) in [5.41, 5.74) is 0.662. The van der Waals surface area contributed by atoms with E-state index in [0.717, 1.165) is 5.69 Å². The highest BCUT2D eigenvalue weighted by Gasteiger charge is 2.25. The Hall–Kier alpha value is -3.48. The highest BCUT2D eigenvalue weighted by Crippen LogP contribution is 2.27. The molecule has 1 aliphatic rings. The minimum atomic E-state index is -0.163. The van der Waals surface area contributed by atoms with Gasteiger partial charge in [0.25, 0.3) is 11.5 Å². The summed E-state index contributed by atoms with van der Waals surface area (Å²) >= 11 is 0. The molecule has 1 saturated heterocycles. The Bertz CT molecular complexity index is 1030. The number of para-hydroxylation sites is 2. The van der Waals surface area contributed by atoms with E-state index in [0.29, 0.717) is 31.9 Å². The Kier molecular flexibility index (Phi) is 4.89. The molecule has 1 amide bonds. The molecule has 0 saturated carbocycles. The van der Waals surface area contributed by atoms with Crippen LogP contribution in [-0.4, -0.2) is 46.7 Å². The number of rotatable bonds is 4. The fraction of sp³-hybridized carbons (Fsp3) is 0.238. The van der Waals surface area contributed by atoms with E-state index in [1.807, 2.05) is 12.1 Å². The van der Waals surface area contributed by atoms with E-state index >= 15 is 0 Å². The number of hydrogen-bond acceptors (Lipinski definition) is 5. The third-order valence-electron chi connectivity index (χ3n) is 4.89. The molecule has 3 heterocycles. The predicted molar refractivity (Wildman–Crippen MR) is 105 cm³/mol. The topological polar surface area (TPSA) is 78.9 Å². The molecule has 1 aliphatic heterocycles. The van der Waals surface area contributed by atoms with Crippen molar-refractivity contribution < 1.29 is 14.3 Å². The molecule has 144 valence electrons. The van der Waals surface area contributed by atoms with Gasteiger partial charge >= 0.3 is 0 Å². The number of benzene rings is 1. The SMILES string of the molecule is O=C(c1ccc(Cn2ccccc2=O)o1)N1CCN(c2ccccc2O)CC1. The smallest absolute Gasteiger partial charge is 0.289 e. The molecule has 7 heteroatoms. The number of phenols is 1. The van der Waals surface area contributed by atoms with Crippen LogP contribution in [0, 0.1) is 0 Å². The third-order valence-corrected chi connectivity index (χ3v) is 4.89. The summed E-state index contributed by atoms with van der Waals surface area (Å²) in [6, 6.07) is 15.5. The summed E-state index contributed by atoms with van der Waals surface area (Å²) in [7, 11) is 0. The quantitative estimate of drug-likeness (QED) is 0.752. The van der Waals surface area contributed by atoms with Crippen molar-refractivity contribution in [2.45, 2.75) is 6.54 Å². The standard InChI is InChI=1S/C21H21N3O4/c25-18-6-2-1-5-17(18)22-11-13-23(14-12-22)21(27)19-9-8-16(28-19)15-24-10-4-3-7-20(24)26/h1-10,25H,11-15H2. The maximum absolute atomic E-state index is 12.7. The van der Waals surface area contributed by atoms with Crippen molar-refractivity contribution in [1.29, 1.82) is 0 Å². The van der Waals surface area contributed by atoms with Gasteiger partial charge in [-0.3, -0.25) is 9.59 Å². The zero-order chi connectivity index (χ0) is 19.5. The summed E-state index contributed by atoms with van der Waals surface area (Å²) in [4.78, 5) is 28.4. The molecule has 0 bridgehead atoms. The molecule has 0 atom stereocenters. The molecule has 0 unspecified atom stereocenters. The summed E-state index contributed by atoms with van der Waals surface area (Å²) < 4.78 is 7.21. The number of carbonyl (C=O) groups is 1. The zero-order valence-electron chi connectivity index (χ0n) is 15.3. The Morgan fingerprint density at radius 3 is 2.46 bits per heavy atom. The Labute approximate surface area is 162 Å². The van der Waals surface area contributed by atoms with Crippen LogP contribution in [0.5, 0.6) is 5.75 Å². The summed E-state index contributed by atoms with van der Waals surface area (Å²) in [5, 5.41) is 10.00. The van der Waals surface area contributed by atoms with Gasteiger partial charge in [-0.05, 0) is 30.3 Å². The second-order valence-electron chi connectivity index (χ2n) is 6.70. The largest absolute Gasteiger partial charge is 0.506 e. The number of piperazine rings is 1. The van der Waals surface area contributed by atoms with Crippen molar-refractivity contribution >= 4 is 11.6 Å². The molecule has 1 aromatic carbocycles. The number of pyridine rings is 1. The summed E-state index contributed by atoms with van der Waals surface area (Å²) in [5.74, 6) is 0.914. The van der Waals surface area contributed by atoms with Gasteiger partial charge in [0.2, 0.25) is 0 Å². The van der Waals surface area contributed by atoms with E-state index < -0.39 is 0 Å². The van der Waals surface area contributed by atoms with Crippen LogP contribution in [-0.2, 0) is 6.54 Å². The van der Waals surface area contributed by atoms with Gasteiger partial charge in [0.15, 0.2) is 5.76 Å². The molecule has 7 nitrogen and oxygen atoms in total. The highest BCUT2D eigenvalue weighted by molar-refractivity contribution is 5.91. The van der Waals surface area contributed by atoms with Gasteiger partial charge in [0.1, 0.15) is 11.5 Å². The first-order valence-electron chi connectivity index (χ1n) is 9.18. The average Bonchev–Trinajstić information content (AvgIpc) is 3.18. The van der Waals surface area contributed by atoms with Gasteiger partial charge in [-0.15, -0.1) is 0 Å². The maximum Gasteiger partial charge on any atom is 0.289 e. The minimum Gasteiger partial charge on any atom is -0.506 e. The Morgan fingerprint density at radius 1 is 0.964 bits per heavy atom. The van der Waals surface area contributed by atoms with E-state index in [1.54, 1.807) is 47.5 Å². The van der Waals surface area contributed by atoms with Crippen LogP contribution in [0.15, 0.2) is 70.0 Å². The number of hydrogen-bond donors (Lipinski definition) is 1. The van der Waals surface area contributed by atoms with Crippen molar-refractivity contribution in [2.75, 3.05) is 31.1 Å². The van der Waals surface area contributed by atoms with E-state index in [9.17, 15) is 14.7 Å². The van der Waals surface area contributed by atoms with Gasteiger partial charge in [0, 0.05) is 38.4 Å². The van der Waals surface area contributed by atoms with Crippen molar-refractivity contribution in [2.24, 2.45) is 0 Å². The number of furan rings is 1. The lowest BCUT2D eigenvalue weighted by atomic mass is 10.2. The molecule has 28 heavy (non-hydrogen) atoms. The first-order valence-corrected chi connectivity index (χ1v) is 9.18. The Balaban J connectivity index is 1.39. The van der Waals surface area contributed by atoms with Gasteiger partial charge in [0.05, 0.1) is 12.2 Å². The van der Waals surface area contributed by atoms with Crippen LogP contribution in [0.3, 0.4) is 0 Å². The van der Waals surface area contributed by atoms with E-state index in [4.69, 9.17) is 4.42 Å². The second kappa shape index (κ2) is 7.64. The predicted octanol–water partition coefficient (Wildman–Crippen LogP) is 2.16. The number of anilines is 1. The van der Waals surface area contributed by atoms with Crippen LogP contribution >= 0.6 is 0 Å². The van der Waals surface area contributed by atoms with Crippen LogP contribution in [0.1, 0.15) is 16.3 Å². The summed E-state index contributed by atoms with van der Waals surface area (Å²) in [6.45, 7) is 2.64. The molecular weight excluding hydrogens is 358 g/mol. The highest BCUT2D eigenvalue weighted by atomic mass is 16.4. The first-order chi connectivity index (χ1) is 13.6. The fourth-order valence-corrected chi connectivity index (χ4v) is 3.37. The molecule has 2 aromatic heterocycles. The van der Waals surface area contributed by atoms with E-state index in [2.05, 4.69) is 4.90 Å². The van der Waals surface area contributed by atoms with Crippen LogP contribution in [0.25, 0.3) is 0 Å². The number of amides is 1. The number of carbonyl (C=O) groups excluding carboxylic acids is 1. The number of nitrogens with zero attached hydrogens (tertiary/aromatic N) is 3. The lowest BCUT2D eigenvalue weighted by Crippen LogP contribution is -2.48. The molecular formula is C21H21N3O4. The molecule has 0 spiro atoms. The lowest BCUT2D eigenvalue weighted by Gasteiger charge is -2.35. The van der Waals surface area contributed by atoms with Gasteiger partial charge in [-0.1, -0.05) is 18.2 Å². The number of aromatic hydroxyl groups is 1. The minimum absolute atomic E-state index is 0.118. The first kappa shape index (κ1) is 17.9. The van der Waals surface area contributed by atoms with Crippen molar-refractivity contribution in [3.8, 4) is 5.75 Å². The van der Waals surface area contributed by atoms with Gasteiger partial charge < -0.3 is 23.9 Å². The monoisotopic (exact) mass is 379 g/mol. The molecule has 3 aromatic rings. The van der Waals surface area contributed by atoms with Gasteiger partial charge in [-0.2, -0.15) is 0 Å². The average molecular weight is 379 g/mol. The van der Waals surface area contributed by atoms with Crippen LogP contribution in [0.2, 0.25) is 0 Å². The summed E-state index contributed by atoms with van der Waals surface area (Å²) in [6.07, 6.45) is 1.69. The molecule has 1 N–H and O–H groups in total. The molecule has 1 fully saturated rings. The van der Waals surface area contributed by atoms with Crippen molar-refractivity contribution in [3.05, 3.63) is 82.7 Å². The van der Waals surface area contributed by atoms with Crippen molar-refractivity contribution in [1.82, 2.24) is 9.47 Å². The van der Waals surface area contributed by atoms with Crippen molar-refractivity contribution in [3.63, 3.8) is 0 Å². The van der Waals surface area contributed by atoms with Crippen LogP contribution < -0.4 is 10.5 Å². The normalized spacial score (nSPS) is 14.3. The lowest BCUT2D eigenvalue weighted by molar-refractivity contribution is 0.0712. The molecule has 4 rings (SSSR count). The third kappa shape index (κ3) is 3.64. The number of phenolic OH excluding ortho intramolecular Hbond substituents is 1. The molecule has 0 radical (unpaired) electrons. The fourth-order valence-electron chi connectivity index (χ4n) is 3.37. The number of aromatic nitrogens is 1. The van der Waals surface area contributed by atoms with E-state index in [1.165, 1.54) is 10.6 Å². The van der Waals surface area contributed by atoms with Gasteiger partial charge in [-0.25, -0.2) is 0 Å². The maximum atomic E-state index is 12.7. The zero-order valence-corrected chi connectivity index (χ0v) is 15.3. The molecule has 0 aliphatic carbocycles. The Morgan fingerprint density at radius 2 is 1.71 bits per heavy atom.